The molecule has 3 amide bonds. The zero-order chi connectivity index (χ0) is 28.1. The van der Waals surface area contributed by atoms with Crippen LogP contribution in [-0.4, -0.2) is 35.2 Å². The highest BCUT2D eigenvalue weighted by atomic mass is 35.5. The lowest BCUT2D eigenvalue weighted by atomic mass is 10.1. The molecule has 0 spiro atoms. The van der Waals surface area contributed by atoms with Gasteiger partial charge in [0.15, 0.2) is 18.1 Å². The Morgan fingerprint density at radius 2 is 1.70 bits per heavy atom. The van der Waals surface area contributed by atoms with Crippen molar-refractivity contribution in [3.8, 4) is 11.5 Å². The molecular weight excluding hydrogens is 548 g/mol. The highest BCUT2D eigenvalue weighted by Gasteiger charge is 2.35. The monoisotopic (exact) mass is 572 g/mol. The molecule has 7 nitrogen and oxygen atoms in total. The summed E-state index contributed by atoms with van der Waals surface area (Å²) >= 11 is 6.79. The molecule has 1 saturated heterocycles. The van der Waals surface area contributed by atoms with Crippen LogP contribution < -0.4 is 14.8 Å². The summed E-state index contributed by atoms with van der Waals surface area (Å²) in [6, 6.07) is 25.7. The molecule has 1 heterocycles. The predicted molar refractivity (Wildman–Crippen MR) is 159 cm³/mol. The first-order valence-corrected chi connectivity index (χ1v) is 13.8. The van der Waals surface area contributed by atoms with Gasteiger partial charge in [0.25, 0.3) is 17.1 Å². The quantitative estimate of drug-likeness (QED) is 0.214. The number of ether oxygens (including phenoxy) is 2. The molecule has 0 radical (unpaired) electrons. The predicted octanol–water partition coefficient (Wildman–Crippen LogP) is 7.15. The standard InChI is InChI=1S/C31H25ClN2O5S/c1-2-38-27-16-20(8-14-26(27)39-19-29(35)33-25-12-10-24(32)11-13-25)17-28-30(36)34(31(37)40-28)18-21-7-9-22-5-3-4-6-23(22)15-21/h3-17H,2,18-19H2,1H3,(H,33,35)/b28-17-. The summed E-state index contributed by atoms with van der Waals surface area (Å²) in [4.78, 5) is 39.7. The Kier molecular flexibility index (Phi) is 8.38. The van der Waals surface area contributed by atoms with Crippen LogP contribution in [0.5, 0.6) is 11.5 Å². The molecule has 202 valence electrons. The third kappa shape index (κ3) is 6.47. The number of carbonyl (C=O) groups excluding carboxylic acids is 3. The average Bonchev–Trinajstić information content (AvgIpc) is 3.21. The van der Waals surface area contributed by atoms with Crippen molar-refractivity contribution in [3.05, 3.63) is 106 Å². The molecule has 1 aliphatic heterocycles. The minimum atomic E-state index is -0.347. The van der Waals surface area contributed by atoms with Gasteiger partial charge in [0.1, 0.15) is 0 Å². The molecule has 0 saturated carbocycles. The van der Waals surface area contributed by atoms with Crippen molar-refractivity contribution in [1.29, 1.82) is 0 Å². The maximum Gasteiger partial charge on any atom is 0.293 e. The summed E-state index contributed by atoms with van der Waals surface area (Å²) in [5.41, 5.74) is 2.15. The Morgan fingerprint density at radius 1 is 0.925 bits per heavy atom. The van der Waals surface area contributed by atoms with E-state index in [0.717, 1.165) is 28.1 Å². The van der Waals surface area contributed by atoms with Crippen LogP contribution >= 0.6 is 23.4 Å². The average molecular weight is 573 g/mol. The fourth-order valence-corrected chi connectivity index (χ4v) is 5.15. The van der Waals surface area contributed by atoms with Crippen molar-refractivity contribution in [2.24, 2.45) is 0 Å². The Labute approximate surface area is 240 Å². The minimum absolute atomic E-state index is 0.196. The van der Waals surface area contributed by atoms with Crippen LogP contribution in [-0.2, 0) is 16.1 Å². The van der Waals surface area contributed by atoms with Crippen LogP contribution in [0.4, 0.5) is 10.5 Å². The van der Waals surface area contributed by atoms with Gasteiger partial charge < -0.3 is 14.8 Å². The summed E-state index contributed by atoms with van der Waals surface area (Å²) in [6.45, 7) is 2.18. The number of carbonyl (C=O) groups is 3. The van der Waals surface area contributed by atoms with E-state index < -0.39 is 0 Å². The smallest absolute Gasteiger partial charge is 0.293 e. The van der Waals surface area contributed by atoms with Crippen LogP contribution in [0.1, 0.15) is 18.1 Å². The van der Waals surface area contributed by atoms with Crippen LogP contribution in [0.3, 0.4) is 0 Å². The number of hydrogen-bond donors (Lipinski definition) is 1. The Balaban J connectivity index is 1.26. The topological polar surface area (TPSA) is 84.9 Å². The van der Waals surface area contributed by atoms with Gasteiger partial charge in [-0.3, -0.25) is 19.3 Å². The molecule has 1 aliphatic rings. The summed E-state index contributed by atoms with van der Waals surface area (Å²) in [5.74, 6) is 0.120. The number of amides is 3. The van der Waals surface area contributed by atoms with Crippen molar-refractivity contribution < 1.29 is 23.9 Å². The van der Waals surface area contributed by atoms with Crippen molar-refractivity contribution in [2.45, 2.75) is 13.5 Å². The van der Waals surface area contributed by atoms with Gasteiger partial charge in [0.2, 0.25) is 0 Å². The largest absolute Gasteiger partial charge is 0.490 e. The van der Waals surface area contributed by atoms with E-state index in [1.807, 2.05) is 49.4 Å². The zero-order valence-corrected chi connectivity index (χ0v) is 23.1. The fourth-order valence-electron chi connectivity index (χ4n) is 4.18. The van der Waals surface area contributed by atoms with Crippen LogP contribution in [0.2, 0.25) is 5.02 Å². The van der Waals surface area contributed by atoms with Gasteiger partial charge in [0.05, 0.1) is 18.1 Å². The number of rotatable bonds is 9. The summed E-state index contributed by atoms with van der Waals surface area (Å²) in [7, 11) is 0. The highest BCUT2D eigenvalue weighted by Crippen LogP contribution is 2.35. The molecular formula is C31H25ClN2O5S. The van der Waals surface area contributed by atoms with E-state index in [9.17, 15) is 14.4 Å². The lowest BCUT2D eigenvalue weighted by Crippen LogP contribution is -2.27. The first-order valence-electron chi connectivity index (χ1n) is 12.6. The SMILES string of the molecule is CCOc1cc(/C=C2\SC(=O)N(Cc3ccc4ccccc4c3)C2=O)ccc1OCC(=O)Nc1ccc(Cl)cc1. The van der Waals surface area contributed by atoms with Gasteiger partial charge in [-0.1, -0.05) is 54.1 Å². The van der Waals surface area contributed by atoms with Crippen molar-refractivity contribution in [1.82, 2.24) is 4.90 Å². The maximum absolute atomic E-state index is 13.1. The Hall–Kier alpha value is -4.27. The molecule has 0 unspecified atom stereocenters. The molecule has 1 fully saturated rings. The van der Waals surface area contributed by atoms with E-state index in [2.05, 4.69) is 5.32 Å². The van der Waals surface area contributed by atoms with Gasteiger partial charge >= 0.3 is 0 Å². The summed E-state index contributed by atoms with van der Waals surface area (Å²) in [5, 5.41) is 5.14. The molecule has 9 heteroatoms. The normalized spacial score (nSPS) is 14.2. The third-order valence-electron chi connectivity index (χ3n) is 6.08. The number of nitrogens with zero attached hydrogens (tertiary/aromatic N) is 1. The van der Waals surface area contributed by atoms with E-state index >= 15 is 0 Å². The molecule has 0 atom stereocenters. The zero-order valence-electron chi connectivity index (χ0n) is 21.6. The van der Waals surface area contributed by atoms with Gasteiger partial charge in [-0.25, -0.2) is 0 Å². The first-order chi connectivity index (χ1) is 19.4. The molecule has 0 aliphatic carbocycles. The van der Waals surface area contributed by atoms with E-state index in [1.54, 1.807) is 48.5 Å². The van der Waals surface area contributed by atoms with E-state index in [0.29, 0.717) is 39.3 Å². The number of nitrogens with one attached hydrogen (secondary N) is 1. The second kappa shape index (κ2) is 12.3. The molecule has 0 bridgehead atoms. The van der Waals surface area contributed by atoms with Crippen LogP contribution in [0.15, 0.2) is 89.8 Å². The van der Waals surface area contributed by atoms with E-state index in [1.165, 1.54) is 4.90 Å². The van der Waals surface area contributed by atoms with Crippen molar-refractivity contribution in [3.63, 3.8) is 0 Å². The van der Waals surface area contributed by atoms with E-state index in [4.69, 9.17) is 21.1 Å². The third-order valence-corrected chi connectivity index (χ3v) is 7.24. The van der Waals surface area contributed by atoms with Crippen LogP contribution in [0, 0.1) is 0 Å². The number of thioether (sulfide) groups is 1. The number of hydrogen-bond acceptors (Lipinski definition) is 6. The number of anilines is 1. The summed E-state index contributed by atoms with van der Waals surface area (Å²) in [6.07, 6.45) is 1.66. The molecule has 5 rings (SSSR count). The first kappa shape index (κ1) is 27.3. The second-order valence-corrected chi connectivity index (χ2v) is 10.4. The van der Waals surface area contributed by atoms with Gasteiger partial charge in [0, 0.05) is 10.7 Å². The minimum Gasteiger partial charge on any atom is -0.490 e. The number of fused-ring (bicyclic) bond motifs is 1. The van der Waals surface area contributed by atoms with Crippen molar-refractivity contribution in [2.75, 3.05) is 18.5 Å². The molecule has 0 aromatic heterocycles. The maximum atomic E-state index is 13.1. The summed E-state index contributed by atoms with van der Waals surface area (Å²) < 4.78 is 11.4. The highest BCUT2D eigenvalue weighted by molar-refractivity contribution is 8.18. The second-order valence-electron chi connectivity index (χ2n) is 8.93. The van der Waals surface area contributed by atoms with Gasteiger partial charge in [-0.15, -0.1) is 0 Å². The fraction of sp³-hybridized carbons (Fsp3) is 0.129. The lowest BCUT2D eigenvalue weighted by molar-refractivity contribution is -0.123. The van der Waals surface area contributed by atoms with E-state index in [-0.39, 0.29) is 30.2 Å². The Bertz CT molecular complexity index is 1620. The molecule has 4 aromatic rings. The van der Waals surface area contributed by atoms with Gasteiger partial charge in [-0.2, -0.15) is 0 Å². The number of benzene rings is 4. The molecule has 1 N–H and O–H groups in total. The molecule has 4 aromatic carbocycles. The van der Waals surface area contributed by atoms with Crippen molar-refractivity contribution >= 4 is 63.0 Å². The Morgan fingerprint density at radius 3 is 2.48 bits per heavy atom. The van der Waals surface area contributed by atoms with Crippen LogP contribution in [0.25, 0.3) is 16.8 Å². The lowest BCUT2D eigenvalue weighted by Gasteiger charge is -2.13. The molecule has 40 heavy (non-hydrogen) atoms. The number of halogens is 1. The number of imide groups is 1. The van der Waals surface area contributed by atoms with Gasteiger partial charge in [-0.05, 0) is 89.1 Å².